The molecule has 1 aliphatic heterocycles. The summed E-state index contributed by atoms with van der Waals surface area (Å²) in [5, 5.41) is 0. The van der Waals surface area contributed by atoms with Crippen molar-refractivity contribution in [1.82, 2.24) is 9.80 Å². The summed E-state index contributed by atoms with van der Waals surface area (Å²) in [5.41, 5.74) is 2.64. The minimum atomic E-state index is 0.284. The molecule has 1 aromatic carbocycles. The Morgan fingerprint density at radius 3 is 2.58 bits per heavy atom. The molecule has 0 unspecified atom stereocenters. The zero-order valence-electron chi connectivity index (χ0n) is 11.8. The number of hydrogen-bond acceptors (Lipinski definition) is 3. The molecule has 19 heavy (non-hydrogen) atoms. The largest absolute Gasteiger partial charge is 0.339 e. The lowest BCUT2D eigenvalue weighted by molar-refractivity contribution is -0.129. The Kier molecular flexibility index (Phi) is 5.28. The first-order valence-electron chi connectivity index (χ1n) is 6.75. The molecule has 0 aromatic heterocycles. The summed E-state index contributed by atoms with van der Waals surface area (Å²) in [6, 6.07) is 8.38. The first kappa shape index (κ1) is 14.4. The van der Waals surface area contributed by atoms with Crippen molar-refractivity contribution in [2.75, 3.05) is 39.0 Å². The highest BCUT2D eigenvalue weighted by Gasteiger charge is 2.18. The molecule has 0 radical (unpaired) electrons. The maximum absolute atomic E-state index is 12.1. The Morgan fingerprint density at radius 2 is 1.89 bits per heavy atom. The predicted octanol–water partition coefficient (Wildman–Crippen LogP) is 2.00. The molecule has 0 spiro atoms. The van der Waals surface area contributed by atoms with E-state index in [1.165, 1.54) is 11.1 Å². The zero-order chi connectivity index (χ0) is 13.7. The summed E-state index contributed by atoms with van der Waals surface area (Å²) in [6.45, 7) is 5.86. The average Bonchev–Trinajstić information content (AvgIpc) is 2.41. The zero-order valence-corrected chi connectivity index (χ0v) is 12.6. The molecule has 2 rings (SSSR count). The van der Waals surface area contributed by atoms with Crippen LogP contribution in [0.3, 0.4) is 0 Å². The number of carbonyl (C=O) groups is 1. The van der Waals surface area contributed by atoms with Gasteiger partial charge in [-0.1, -0.05) is 24.3 Å². The molecule has 4 heteroatoms. The van der Waals surface area contributed by atoms with Gasteiger partial charge in [0.1, 0.15) is 0 Å². The summed E-state index contributed by atoms with van der Waals surface area (Å²) in [4.78, 5) is 16.3. The molecular weight excluding hydrogens is 256 g/mol. The lowest BCUT2D eigenvalue weighted by Crippen LogP contribution is -2.47. The molecule has 1 aromatic rings. The van der Waals surface area contributed by atoms with Gasteiger partial charge in [-0.15, -0.1) is 11.8 Å². The van der Waals surface area contributed by atoms with E-state index in [-0.39, 0.29) is 5.91 Å². The number of benzene rings is 1. The summed E-state index contributed by atoms with van der Waals surface area (Å²) >= 11 is 1.72. The minimum absolute atomic E-state index is 0.284. The van der Waals surface area contributed by atoms with Gasteiger partial charge in [0, 0.05) is 31.9 Å². The highest BCUT2D eigenvalue weighted by Crippen LogP contribution is 2.16. The fraction of sp³-hybridized carbons (Fsp3) is 0.533. The molecule has 1 heterocycles. The van der Waals surface area contributed by atoms with Crippen molar-refractivity contribution in [2.45, 2.75) is 12.7 Å². The Labute approximate surface area is 120 Å². The van der Waals surface area contributed by atoms with Crippen molar-refractivity contribution in [3.8, 4) is 0 Å². The molecule has 0 atom stereocenters. The molecule has 1 fully saturated rings. The molecule has 0 N–H and O–H groups in total. The van der Waals surface area contributed by atoms with Gasteiger partial charge in [-0.25, -0.2) is 0 Å². The van der Waals surface area contributed by atoms with Gasteiger partial charge in [-0.05, 0) is 25.1 Å². The SMILES string of the molecule is Cc1ccccc1CSCC(=O)N1CCN(C)CC1. The third-order valence-electron chi connectivity index (χ3n) is 3.60. The highest BCUT2D eigenvalue weighted by atomic mass is 32.2. The van der Waals surface area contributed by atoms with E-state index in [1.54, 1.807) is 11.8 Å². The van der Waals surface area contributed by atoms with E-state index in [0.29, 0.717) is 5.75 Å². The molecule has 1 saturated heterocycles. The molecule has 0 bridgehead atoms. The quantitative estimate of drug-likeness (QED) is 0.841. The maximum Gasteiger partial charge on any atom is 0.232 e. The number of nitrogens with zero attached hydrogens (tertiary/aromatic N) is 2. The van der Waals surface area contributed by atoms with Crippen molar-refractivity contribution in [1.29, 1.82) is 0 Å². The van der Waals surface area contributed by atoms with Gasteiger partial charge in [0.15, 0.2) is 0 Å². The van der Waals surface area contributed by atoms with Crippen LogP contribution in [0.25, 0.3) is 0 Å². The van der Waals surface area contributed by atoms with Crippen LogP contribution in [0, 0.1) is 6.92 Å². The number of likely N-dealkylation sites (N-methyl/N-ethyl adjacent to an activating group) is 1. The second kappa shape index (κ2) is 6.96. The van der Waals surface area contributed by atoms with E-state index in [0.717, 1.165) is 31.9 Å². The van der Waals surface area contributed by atoms with E-state index in [9.17, 15) is 4.79 Å². The summed E-state index contributed by atoms with van der Waals surface area (Å²) in [6.07, 6.45) is 0. The summed E-state index contributed by atoms with van der Waals surface area (Å²) in [5.74, 6) is 1.80. The van der Waals surface area contributed by atoms with Crippen molar-refractivity contribution in [3.05, 3.63) is 35.4 Å². The van der Waals surface area contributed by atoms with Gasteiger partial charge in [0.2, 0.25) is 5.91 Å². The van der Waals surface area contributed by atoms with Crippen LogP contribution in [0.4, 0.5) is 0 Å². The average molecular weight is 278 g/mol. The number of aryl methyl sites for hydroxylation is 1. The number of hydrogen-bond donors (Lipinski definition) is 0. The number of amides is 1. The van der Waals surface area contributed by atoms with E-state index < -0.39 is 0 Å². The topological polar surface area (TPSA) is 23.6 Å². The van der Waals surface area contributed by atoms with E-state index in [4.69, 9.17) is 0 Å². The van der Waals surface area contributed by atoms with Crippen LogP contribution in [0.2, 0.25) is 0 Å². The van der Waals surface area contributed by atoms with Crippen LogP contribution in [-0.4, -0.2) is 54.7 Å². The second-order valence-corrected chi connectivity index (χ2v) is 6.09. The predicted molar refractivity (Wildman–Crippen MR) is 81.4 cm³/mol. The standard InChI is InChI=1S/C15H22N2OS/c1-13-5-3-4-6-14(13)11-19-12-15(18)17-9-7-16(2)8-10-17/h3-6H,7-12H2,1-2H3. The first-order valence-corrected chi connectivity index (χ1v) is 7.91. The van der Waals surface area contributed by atoms with E-state index >= 15 is 0 Å². The van der Waals surface area contributed by atoms with Gasteiger partial charge in [0.05, 0.1) is 5.75 Å². The van der Waals surface area contributed by atoms with Crippen molar-refractivity contribution in [3.63, 3.8) is 0 Å². The highest BCUT2D eigenvalue weighted by molar-refractivity contribution is 7.99. The van der Waals surface area contributed by atoms with Crippen LogP contribution in [-0.2, 0) is 10.5 Å². The van der Waals surface area contributed by atoms with Gasteiger partial charge in [-0.2, -0.15) is 0 Å². The molecule has 1 aliphatic rings. The van der Waals surface area contributed by atoms with E-state index in [1.807, 2.05) is 4.90 Å². The third-order valence-corrected chi connectivity index (χ3v) is 4.57. The molecule has 0 saturated carbocycles. The first-order chi connectivity index (χ1) is 9.16. The molecule has 1 amide bonds. The molecule has 0 aliphatic carbocycles. The summed E-state index contributed by atoms with van der Waals surface area (Å²) in [7, 11) is 2.11. The Bertz CT molecular complexity index is 428. The van der Waals surface area contributed by atoms with Crippen LogP contribution in [0.15, 0.2) is 24.3 Å². The van der Waals surface area contributed by atoms with Crippen molar-refractivity contribution < 1.29 is 4.79 Å². The van der Waals surface area contributed by atoms with Gasteiger partial charge >= 0.3 is 0 Å². The Hall–Kier alpha value is -1.00. The van der Waals surface area contributed by atoms with Crippen LogP contribution >= 0.6 is 11.8 Å². The second-order valence-electron chi connectivity index (χ2n) is 5.10. The van der Waals surface area contributed by atoms with Gasteiger partial charge < -0.3 is 9.80 Å². The Morgan fingerprint density at radius 1 is 1.21 bits per heavy atom. The lowest BCUT2D eigenvalue weighted by Gasteiger charge is -2.32. The van der Waals surface area contributed by atoms with Crippen molar-refractivity contribution >= 4 is 17.7 Å². The molecule has 104 valence electrons. The van der Waals surface area contributed by atoms with Crippen LogP contribution in [0.1, 0.15) is 11.1 Å². The monoisotopic (exact) mass is 278 g/mol. The fourth-order valence-electron chi connectivity index (χ4n) is 2.17. The Balaban J connectivity index is 1.74. The smallest absolute Gasteiger partial charge is 0.232 e. The molecular formula is C15H22N2OS. The number of carbonyl (C=O) groups excluding carboxylic acids is 1. The number of rotatable bonds is 4. The normalized spacial score (nSPS) is 16.6. The van der Waals surface area contributed by atoms with Gasteiger partial charge in [0.25, 0.3) is 0 Å². The maximum atomic E-state index is 12.1. The number of piperazine rings is 1. The lowest BCUT2D eigenvalue weighted by atomic mass is 10.1. The van der Waals surface area contributed by atoms with E-state index in [2.05, 4.69) is 43.1 Å². The van der Waals surface area contributed by atoms with Crippen LogP contribution in [0.5, 0.6) is 0 Å². The summed E-state index contributed by atoms with van der Waals surface area (Å²) < 4.78 is 0. The number of thioether (sulfide) groups is 1. The van der Waals surface area contributed by atoms with Crippen LogP contribution < -0.4 is 0 Å². The third kappa shape index (κ3) is 4.25. The molecule has 3 nitrogen and oxygen atoms in total. The van der Waals surface area contributed by atoms with Crippen molar-refractivity contribution in [2.24, 2.45) is 0 Å². The fourth-order valence-corrected chi connectivity index (χ4v) is 3.17. The van der Waals surface area contributed by atoms with Gasteiger partial charge in [-0.3, -0.25) is 4.79 Å². The minimum Gasteiger partial charge on any atom is -0.339 e.